The van der Waals surface area contributed by atoms with Gasteiger partial charge >= 0.3 is 0 Å². The van der Waals surface area contributed by atoms with Gasteiger partial charge in [-0.25, -0.2) is 9.37 Å². The van der Waals surface area contributed by atoms with E-state index < -0.39 is 11.7 Å². The highest BCUT2D eigenvalue weighted by atomic mass is 35.5. The van der Waals surface area contributed by atoms with Crippen LogP contribution in [0.1, 0.15) is 15.9 Å². The van der Waals surface area contributed by atoms with Gasteiger partial charge in [0, 0.05) is 11.3 Å². The van der Waals surface area contributed by atoms with Crippen molar-refractivity contribution in [3.63, 3.8) is 0 Å². The maximum absolute atomic E-state index is 13.1. The fourth-order valence-electron chi connectivity index (χ4n) is 1.52. The molecule has 1 amide bonds. The first-order valence-corrected chi connectivity index (χ1v) is 6.12. The molecule has 0 atom stereocenters. The second-order valence-corrected chi connectivity index (χ2v) is 4.69. The average molecular weight is 299 g/mol. The minimum Gasteiger partial charge on any atom is -0.322 e. The third-order valence-corrected chi connectivity index (χ3v) is 2.86. The van der Waals surface area contributed by atoms with Crippen molar-refractivity contribution < 1.29 is 9.18 Å². The van der Waals surface area contributed by atoms with Crippen molar-refractivity contribution in [2.24, 2.45) is 0 Å². The molecule has 98 valence electrons. The van der Waals surface area contributed by atoms with Crippen LogP contribution in [0.4, 0.5) is 10.1 Å². The molecule has 0 unspecified atom stereocenters. The zero-order valence-corrected chi connectivity index (χ0v) is 11.4. The maximum atomic E-state index is 13.1. The Labute approximate surface area is 119 Å². The smallest absolute Gasteiger partial charge is 0.255 e. The molecule has 0 aliphatic carbocycles. The molecular formula is C13H9Cl2FN2O. The number of carbonyl (C=O) groups is 1. The van der Waals surface area contributed by atoms with Gasteiger partial charge in [-0.3, -0.25) is 4.79 Å². The molecule has 0 bridgehead atoms. The van der Waals surface area contributed by atoms with Crippen LogP contribution < -0.4 is 5.32 Å². The number of benzene rings is 1. The standard InChI is InChI=1S/C13H9Cl2FN2O/c1-7-2-3-9(16)6-10(7)17-13(19)8-4-11(14)18-12(15)5-8/h2-6H,1H3,(H,17,19). The predicted molar refractivity (Wildman–Crippen MR) is 73.3 cm³/mol. The first-order chi connectivity index (χ1) is 8.95. The Bertz CT molecular complexity index is 626. The van der Waals surface area contributed by atoms with Crippen molar-refractivity contribution in [1.29, 1.82) is 0 Å². The van der Waals surface area contributed by atoms with Crippen molar-refractivity contribution in [3.05, 3.63) is 57.6 Å². The second-order valence-electron chi connectivity index (χ2n) is 3.91. The summed E-state index contributed by atoms with van der Waals surface area (Å²) in [6, 6.07) is 6.93. The first kappa shape index (κ1) is 13.8. The fraction of sp³-hybridized carbons (Fsp3) is 0.0769. The van der Waals surface area contributed by atoms with Crippen LogP contribution in [0.3, 0.4) is 0 Å². The van der Waals surface area contributed by atoms with Gasteiger partial charge in [-0.1, -0.05) is 29.3 Å². The molecule has 0 radical (unpaired) electrons. The molecule has 1 N–H and O–H groups in total. The lowest BCUT2D eigenvalue weighted by Gasteiger charge is -2.08. The molecule has 1 aromatic heterocycles. The van der Waals surface area contributed by atoms with Crippen molar-refractivity contribution in [2.45, 2.75) is 6.92 Å². The van der Waals surface area contributed by atoms with Crippen LogP contribution in [0.25, 0.3) is 0 Å². The summed E-state index contributed by atoms with van der Waals surface area (Å²) in [7, 11) is 0. The van der Waals surface area contributed by atoms with Gasteiger partial charge in [0.1, 0.15) is 16.1 Å². The Morgan fingerprint density at radius 2 is 1.84 bits per heavy atom. The number of pyridine rings is 1. The van der Waals surface area contributed by atoms with Gasteiger partial charge in [-0.15, -0.1) is 0 Å². The molecule has 0 aliphatic rings. The summed E-state index contributed by atoms with van der Waals surface area (Å²) in [4.78, 5) is 15.7. The summed E-state index contributed by atoms with van der Waals surface area (Å²) in [5.74, 6) is -0.855. The Balaban J connectivity index is 2.28. The zero-order chi connectivity index (χ0) is 14.0. The highest BCUT2D eigenvalue weighted by molar-refractivity contribution is 6.33. The van der Waals surface area contributed by atoms with Crippen molar-refractivity contribution >= 4 is 34.8 Å². The summed E-state index contributed by atoms with van der Waals surface area (Å²) < 4.78 is 13.1. The summed E-state index contributed by atoms with van der Waals surface area (Å²) >= 11 is 11.4. The summed E-state index contributed by atoms with van der Waals surface area (Å²) in [5.41, 5.74) is 1.41. The van der Waals surface area contributed by atoms with Crippen molar-refractivity contribution in [1.82, 2.24) is 4.98 Å². The number of amides is 1. The van der Waals surface area contributed by atoms with E-state index >= 15 is 0 Å². The number of hydrogen-bond acceptors (Lipinski definition) is 2. The number of carbonyl (C=O) groups excluding carboxylic acids is 1. The van der Waals surface area contributed by atoms with E-state index in [4.69, 9.17) is 23.2 Å². The Morgan fingerprint density at radius 3 is 2.47 bits per heavy atom. The van der Waals surface area contributed by atoms with Crippen LogP contribution >= 0.6 is 23.2 Å². The first-order valence-electron chi connectivity index (χ1n) is 5.36. The monoisotopic (exact) mass is 298 g/mol. The Hall–Kier alpha value is -1.65. The number of aromatic nitrogens is 1. The SMILES string of the molecule is Cc1ccc(F)cc1NC(=O)c1cc(Cl)nc(Cl)c1. The molecule has 2 rings (SSSR count). The molecular weight excluding hydrogens is 290 g/mol. The maximum Gasteiger partial charge on any atom is 0.255 e. The molecule has 2 aromatic rings. The van der Waals surface area contributed by atoms with Crippen LogP contribution in [-0.4, -0.2) is 10.9 Å². The quantitative estimate of drug-likeness (QED) is 0.849. The van der Waals surface area contributed by atoms with E-state index in [0.717, 1.165) is 5.56 Å². The van der Waals surface area contributed by atoms with Crippen LogP contribution in [-0.2, 0) is 0 Å². The highest BCUT2D eigenvalue weighted by Gasteiger charge is 2.10. The number of rotatable bonds is 2. The van der Waals surface area contributed by atoms with E-state index in [1.54, 1.807) is 13.0 Å². The van der Waals surface area contributed by atoms with Gasteiger partial charge in [-0.05, 0) is 36.8 Å². The Kier molecular flexibility index (Phi) is 4.02. The number of aryl methyl sites for hydroxylation is 1. The molecule has 19 heavy (non-hydrogen) atoms. The van der Waals surface area contributed by atoms with Gasteiger partial charge in [0.05, 0.1) is 0 Å². The third kappa shape index (κ3) is 3.43. The number of halogens is 3. The summed E-state index contributed by atoms with van der Waals surface area (Å²) in [6.45, 7) is 1.77. The zero-order valence-electron chi connectivity index (χ0n) is 9.88. The molecule has 0 saturated heterocycles. The van der Waals surface area contributed by atoms with Crippen LogP contribution in [0.2, 0.25) is 10.3 Å². The largest absolute Gasteiger partial charge is 0.322 e. The number of nitrogens with one attached hydrogen (secondary N) is 1. The van der Waals surface area contributed by atoms with Crippen LogP contribution in [0.15, 0.2) is 30.3 Å². The van der Waals surface area contributed by atoms with Crippen LogP contribution in [0.5, 0.6) is 0 Å². The molecule has 0 fully saturated rings. The number of nitrogens with zero attached hydrogens (tertiary/aromatic N) is 1. The van der Waals surface area contributed by atoms with E-state index in [-0.39, 0.29) is 15.9 Å². The molecule has 1 heterocycles. The van der Waals surface area contributed by atoms with Gasteiger partial charge in [0.2, 0.25) is 0 Å². The second kappa shape index (κ2) is 5.55. The minimum atomic E-state index is -0.431. The fourth-order valence-corrected chi connectivity index (χ4v) is 1.98. The summed E-state index contributed by atoms with van der Waals surface area (Å²) in [5, 5.41) is 2.84. The lowest BCUT2D eigenvalue weighted by Crippen LogP contribution is -2.13. The molecule has 0 spiro atoms. The van der Waals surface area contributed by atoms with Gasteiger partial charge < -0.3 is 5.32 Å². The van der Waals surface area contributed by atoms with E-state index in [1.807, 2.05) is 0 Å². The number of hydrogen-bond donors (Lipinski definition) is 1. The molecule has 3 nitrogen and oxygen atoms in total. The minimum absolute atomic E-state index is 0.119. The van der Waals surface area contributed by atoms with E-state index in [9.17, 15) is 9.18 Å². The van der Waals surface area contributed by atoms with Crippen LogP contribution in [0, 0.1) is 12.7 Å². The van der Waals surface area contributed by atoms with E-state index in [1.165, 1.54) is 24.3 Å². The predicted octanol–water partition coefficient (Wildman–Crippen LogP) is 4.09. The topological polar surface area (TPSA) is 42.0 Å². The molecule has 0 aliphatic heterocycles. The average Bonchev–Trinajstić information content (AvgIpc) is 2.32. The molecule has 6 heteroatoms. The van der Waals surface area contributed by atoms with Gasteiger partial charge in [0.15, 0.2) is 0 Å². The molecule has 0 saturated carbocycles. The van der Waals surface area contributed by atoms with Gasteiger partial charge in [0.25, 0.3) is 5.91 Å². The molecule has 1 aromatic carbocycles. The normalized spacial score (nSPS) is 10.3. The lowest BCUT2D eigenvalue weighted by atomic mass is 10.2. The van der Waals surface area contributed by atoms with Gasteiger partial charge in [-0.2, -0.15) is 0 Å². The number of anilines is 1. The summed E-state index contributed by atoms with van der Waals surface area (Å²) in [6.07, 6.45) is 0. The highest BCUT2D eigenvalue weighted by Crippen LogP contribution is 2.19. The Morgan fingerprint density at radius 1 is 1.21 bits per heavy atom. The van der Waals surface area contributed by atoms with E-state index in [0.29, 0.717) is 5.69 Å². The van der Waals surface area contributed by atoms with Crippen molar-refractivity contribution in [3.8, 4) is 0 Å². The lowest BCUT2D eigenvalue weighted by molar-refractivity contribution is 0.102. The third-order valence-electron chi connectivity index (χ3n) is 2.47. The van der Waals surface area contributed by atoms with E-state index in [2.05, 4.69) is 10.3 Å². The van der Waals surface area contributed by atoms with Crippen molar-refractivity contribution in [2.75, 3.05) is 5.32 Å².